The fourth-order valence-electron chi connectivity index (χ4n) is 2.21. The van der Waals surface area contributed by atoms with Crippen LogP contribution in [0.25, 0.3) is 0 Å². The van der Waals surface area contributed by atoms with Gasteiger partial charge in [-0.1, -0.05) is 30.3 Å². The second-order valence-corrected chi connectivity index (χ2v) is 4.95. The van der Waals surface area contributed by atoms with Crippen LogP contribution >= 0.6 is 0 Å². The molecule has 0 radical (unpaired) electrons. The highest BCUT2D eigenvalue weighted by atomic mass is 16.5. The minimum Gasteiger partial charge on any atom is -0.386 e. The molecule has 1 saturated heterocycles. The second kappa shape index (κ2) is 6.88. The molecule has 2 rings (SSSR count). The first-order valence-corrected chi connectivity index (χ1v) is 6.69. The van der Waals surface area contributed by atoms with E-state index in [1.807, 2.05) is 37.3 Å². The van der Waals surface area contributed by atoms with Crippen molar-refractivity contribution in [2.45, 2.75) is 32.0 Å². The Morgan fingerprint density at radius 1 is 1.28 bits per heavy atom. The van der Waals surface area contributed by atoms with E-state index in [-0.39, 0.29) is 6.10 Å². The summed E-state index contributed by atoms with van der Waals surface area (Å²) in [5, 5.41) is 10.2. The van der Waals surface area contributed by atoms with Crippen molar-refractivity contribution in [3.05, 3.63) is 35.9 Å². The summed E-state index contributed by atoms with van der Waals surface area (Å²) in [6.07, 6.45) is 1.41. The average molecular weight is 250 g/mol. The summed E-state index contributed by atoms with van der Waals surface area (Å²) < 4.78 is 11.1. The number of aliphatic hydroxyl groups excluding tert-OH is 1. The monoisotopic (exact) mass is 250 g/mol. The van der Waals surface area contributed by atoms with Crippen LogP contribution in [0.3, 0.4) is 0 Å². The van der Waals surface area contributed by atoms with Gasteiger partial charge in [0.05, 0.1) is 12.7 Å². The fourth-order valence-corrected chi connectivity index (χ4v) is 2.21. The lowest BCUT2D eigenvalue weighted by molar-refractivity contribution is -0.0557. The van der Waals surface area contributed by atoms with Crippen molar-refractivity contribution in [1.29, 1.82) is 0 Å². The zero-order chi connectivity index (χ0) is 12.8. The predicted octanol–water partition coefficient (Wildman–Crippen LogP) is 2.55. The summed E-state index contributed by atoms with van der Waals surface area (Å²) in [7, 11) is 0. The molecule has 1 aromatic rings. The molecule has 1 aromatic carbocycles. The Balaban J connectivity index is 1.78. The summed E-state index contributed by atoms with van der Waals surface area (Å²) in [6, 6.07) is 9.68. The fraction of sp³-hybridized carbons (Fsp3) is 0.600. The minimum atomic E-state index is -0.550. The zero-order valence-corrected chi connectivity index (χ0v) is 10.9. The summed E-state index contributed by atoms with van der Waals surface area (Å²) in [6.45, 7) is 4.32. The van der Waals surface area contributed by atoms with Crippen LogP contribution in [0.4, 0.5) is 0 Å². The lowest BCUT2D eigenvalue weighted by Gasteiger charge is -2.25. The molecule has 0 saturated carbocycles. The molecular formula is C15H22O3. The van der Waals surface area contributed by atoms with Gasteiger partial charge >= 0.3 is 0 Å². The van der Waals surface area contributed by atoms with Crippen LogP contribution in [-0.2, 0) is 9.47 Å². The van der Waals surface area contributed by atoms with Gasteiger partial charge in [0.1, 0.15) is 6.10 Å². The molecule has 1 fully saturated rings. The highest BCUT2D eigenvalue weighted by Crippen LogP contribution is 2.21. The van der Waals surface area contributed by atoms with Crippen LogP contribution in [0.2, 0.25) is 0 Å². The minimum absolute atomic E-state index is 0.171. The molecule has 0 aliphatic carbocycles. The summed E-state index contributed by atoms with van der Waals surface area (Å²) >= 11 is 0. The molecule has 18 heavy (non-hydrogen) atoms. The van der Waals surface area contributed by atoms with Crippen LogP contribution in [0.1, 0.15) is 31.4 Å². The molecule has 2 unspecified atom stereocenters. The number of benzene rings is 1. The molecule has 1 aliphatic heterocycles. The van der Waals surface area contributed by atoms with Crippen molar-refractivity contribution >= 4 is 0 Å². The maximum Gasteiger partial charge on any atom is 0.105 e. The number of rotatable bonds is 5. The molecule has 0 aromatic heterocycles. The van der Waals surface area contributed by atoms with Gasteiger partial charge in [0.15, 0.2) is 0 Å². The molecule has 3 nitrogen and oxygen atoms in total. The third-order valence-electron chi connectivity index (χ3n) is 3.52. The number of ether oxygens (including phenoxy) is 2. The van der Waals surface area contributed by atoms with Crippen molar-refractivity contribution in [3.63, 3.8) is 0 Å². The smallest absolute Gasteiger partial charge is 0.105 e. The SMILES string of the molecule is CC(OCC1CCOCC1)C(O)c1ccccc1. The molecule has 1 heterocycles. The maximum atomic E-state index is 10.2. The van der Waals surface area contributed by atoms with Crippen LogP contribution in [-0.4, -0.2) is 31.0 Å². The van der Waals surface area contributed by atoms with Crippen LogP contribution < -0.4 is 0 Å². The second-order valence-electron chi connectivity index (χ2n) is 4.95. The molecule has 1 aliphatic rings. The Kier molecular flexibility index (Phi) is 5.17. The van der Waals surface area contributed by atoms with Gasteiger partial charge in [-0.15, -0.1) is 0 Å². The highest BCUT2D eigenvalue weighted by Gasteiger charge is 2.20. The largest absolute Gasteiger partial charge is 0.386 e. The molecule has 0 spiro atoms. The van der Waals surface area contributed by atoms with E-state index in [9.17, 15) is 5.11 Å². The number of hydrogen-bond acceptors (Lipinski definition) is 3. The maximum absolute atomic E-state index is 10.2. The number of aliphatic hydroxyl groups is 1. The van der Waals surface area contributed by atoms with Crippen LogP contribution in [0, 0.1) is 5.92 Å². The van der Waals surface area contributed by atoms with Crippen molar-refractivity contribution in [1.82, 2.24) is 0 Å². The molecule has 100 valence electrons. The van der Waals surface area contributed by atoms with Gasteiger partial charge in [-0.3, -0.25) is 0 Å². The van der Waals surface area contributed by atoms with Crippen molar-refractivity contribution in [2.24, 2.45) is 5.92 Å². The Morgan fingerprint density at radius 2 is 1.94 bits per heavy atom. The van der Waals surface area contributed by atoms with Gasteiger partial charge in [0, 0.05) is 13.2 Å². The van der Waals surface area contributed by atoms with Gasteiger partial charge < -0.3 is 14.6 Å². The van der Waals surface area contributed by atoms with Crippen molar-refractivity contribution < 1.29 is 14.6 Å². The summed E-state index contributed by atoms with van der Waals surface area (Å²) in [5.74, 6) is 0.573. The first kappa shape index (κ1) is 13.5. The van der Waals surface area contributed by atoms with Crippen LogP contribution in [0.15, 0.2) is 30.3 Å². The van der Waals surface area contributed by atoms with E-state index in [0.29, 0.717) is 12.5 Å². The predicted molar refractivity (Wildman–Crippen MR) is 70.4 cm³/mol. The summed E-state index contributed by atoms with van der Waals surface area (Å²) in [5.41, 5.74) is 0.914. The first-order chi connectivity index (χ1) is 8.77. The van der Waals surface area contributed by atoms with Crippen molar-refractivity contribution in [3.8, 4) is 0 Å². The Morgan fingerprint density at radius 3 is 2.61 bits per heavy atom. The van der Waals surface area contributed by atoms with E-state index in [1.54, 1.807) is 0 Å². The molecule has 0 bridgehead atoms. The topological polar surface area (TPSA) is 38.7 Å². The molecule has 3 heteroatoms. The van der Waals surface area contributed by atoms with Gasteiger partial charge in [-0.25, -0.2) is 0 Å². The van der Waals surface area contributed by atoms with Gasteiger partial charge in [-0.2, -0.15) is 0 Å². The average Bonchev–Trinajstić information content (AvgIpc) is 2.46. The molecule has 1 N–H and O–H groups in total. The third-order valence-corrected chi connectivity index (χ3v) is 3.52. The Labute approximate surface area is 109 Å². The van der Waals surface area contributed by atoms with Crippen molar-refractivity contribution in [2.75, 3.05) is 19.8 Å². The van der Waals surface area contributed by atoms with E-state index in [4.69, 9.17) is 9.47 Å². The quantitative estimate of drug-likeness (QED) is 0.873. The van der Waals surface area contributed by atoms with E-state index in [1.165, 1.54) is 0 Å². The highest BCUT2D eigenvalue weighted by molar-refractivity contribution is 5.18. The van der Waals surface area contributed by atoms with Gasteiger partial charge in [0.2, 0.25) is 0 Å². The normalized spacial score (nSPS) is 20.6. The van der Waals surface area contributed by atoms with E-state index in [0.717, 1.165) is 31.6 Å². The molecular weight excluding hydrogens is 228 g/mol. The van der Waals surface area contributed by atoms with Crippen LogP contribution in [0.5, 0.6) is 0 Å². The molecule has 0 amide bonds. The Hall–Kier alpha value is -0.900. The first-order valence-electron chi connectivity index (χ1n) is 6.69. The van der Waals surface area contributed by atoms with E-state index < -0.39 is 6.10 Å². The third kappa shape index (κ3) is 3.80. The zero-order valence-electron chi connectivity index (χ0n) is 10.9. The van der Waals surface area contributed by atoms with Gasteiger partial charge in [-0.05, 0) is 31.2 Å². The number of hydrogen-bond donors (Lipinski definition) is 1. The lowest BCUT2D eigenvalue weighted by Crippen LogP contribution is -2.25. The van der Waals surface area contributed by atoms with E-state index >= 15 is 0 Å². The lowest BCUT2D eigenvalue weighted by atomic mass is 10.0. The molecule has 2 atom stereocenters. The Bertz CT molecular complexity index is 333. The van der Waals surface area contributed by atoms with Gasteiger partial charge in [0.25, 0.3) is 0 Å². The summed E-state index contributed by atoms with van der Waals surface area (Å²) in [4.78, 5) is 0. The van der Waals surface area contributed by atoms with E-state index in [2.05, 4.69) is 0 Å². The standard InChI is InChI=1S/C15H22O3/c1-12(15(16)14-5-3-2-4-6-14)18-11-13-7-9-17-10-8-13/h2-6,12-13,15-16H,7-11H2,1H3.